The summed E-state index contributed by atoms with van der Waals surface area (Å²) in [6, 6.07) is 8.18. The first-order chi connectivity index (χ1) is 13.3. The van der Waals surface area contributed by atoms with Crippen LogP contribution < -0.4 is 9.47 Å². The van der Waals surface area contributed by atoms with Crippen LogP contribution in [0.3, 0.4) is 0 Å². The van der Waals surface area contributed by atoms with Gasteiger partial charge < -0.3 is 14.2 Å². The molecule has 0 spiro atoms. The van der Waals surface area contributed by atoms with E-state index in [1.807, 2.05) is 30.5 Å². The minimum Gasteiger partial charge on any atom is -0.497 e. The summed E-state index contributed by atoms with van der Waals surface area (Å²) in [5.41, 5.74) is 1.02. The van der Waals surface area contributed by atoms with Gasteiger partial charge in [-0.15, -0.1) is 0 Å². The van der Waals surface area contributed by atoms with Crippen molar-refractivity contribution in [3.8, 4) is 17.4 Å². The molecule has 1 atom stereocenters. The van der Waals surface area contributed by atoms with Crippen molar-refractivity contribution in [2.45, 2.75) is 37.6 Å². The van der Waals surface area contributed by atoms with Gasteiger partial charge >= 0.3 is 0 Å². The molecule has 0 radical (unpaired) electrons. The van der Waals surface area contributed by atoms with Gasteiger partial charge in [0.1, 0.15) is 11.5 Å². The summed E-state index contributed by atoms with van der Waals surface area (Å²) >= 11 is 0. The van der Waals surface area contributed by atoms with E-state index in [1.165, 1.54) is 13.0 Å². The Morgan fingerprint density at radius 2 is 1.96 bits per heavy atom. The van der Waals surface area contributed by atoms with E-state index in [4.69, 9.17) is 19.2 Å². The van der Waals surface area contributed by atoms with E-state index in [0.29, 0.717) is 23.6 Å². The summed E-state index contributed by atoms with van der Waals surface area (Å²) < 4.78 is 16.7. The summed E-state index contributed by atoms with van der Waals surface area (Å²) in [6.45, 7) is 3.99. The Hall–Kier alpha value is -2.18. The largest absolute Gasteiger partial charge is 0.497 e. The Morgan fingerprint density at radius 3 is 2.81 bits per heavy atom. The molecule has 6 nitrogen and oxygen atoms in total. The first-order valence-electron chi connectivity index (χ1n) is 9.77. The Labute approximate surface area is 160 Å². The highest BCUT2D eigenvalue weighted by molar-refractivity contribution is 5.35. The number of rotatable bonds is 5. The second-order valence-electron chi connectivity index (χ2n) is 7.24. The molecule has 2 aliphatic heterocycles. The van der Waals surface area contributed by atoms with E-state index in [0.717, 1.165) is 50.5 Å². The van der Waals surface area contributed by atoms with E-state index in [-0.39, 0.29) is 0 Å². The van der Waals surface area contributed by atoms with E-state index in [9.17, 15) is 0 Å². The zero-order valence-electron chi connectivity index (χ0n) is 15.8. The standard InChI is InChI=1S/C21H27N3O3/c1-25-18-5-2-6-19(12-18)27-21-14-22-13-20(23-21)16-4-3-9-24(15-16)17-7-10-26-11-8-17/h2,5-6,12-14,16-17H,3-4,7-11,15H2,1H3. The zero-order chi connectivity index (χ0) is 18.5. The maximum Gasteiger partial charge on any atom is 0.238 e. The van der Waals surface area contributed by atoms with Gasteiger partial charge in [0.2, 0.25) is 5.88 Å². The minimum atomic E-state index is 0.406. The Kier molecular flexibility index (Phi) is 5.84. The van der Waals surface area contributed by atoms with Gasteiger partial charge in [-0.25, -0.2) is 4.98 Å². The number of piperidine rings is 1. The molecule has 0 bridgehead atoms. The molecule has 3 heterocycles. The molecule has 0 N–H and O–H groups in total. The van der Waals surface area contributed by atoms with Crippen LogP contribution in [0.1, 0.15) is 37.3 Å². The van der Waals surface area contributed by atoms with Crippen molar-refractivity contribution in [2.75, 3.05) is 33.4 Å². The zero-order valence-corrected chi connectivity index (χ0v) is 15.8. The molecular weight excluding hydrogens is 342 g/mol. The SMILES string of the molecule is COc1cccc(Oc2cncc(C3CCCN(C4CCOCC4)C3)n2)c1. The van der Waals surface area contributed by atoms with Crippen molar-refractivity contribution in [1.29, 1.82) is 0 Å². The lowest BCUT2D eigenvalue weighted by atomic mass is 9.92. The van der Waals surface area contributed by atoms with Crippen LogP contribution in [-0.4, -0.2) is 54.3 Å². The van der Waals surface area contributed by atoms with Crippen molar-refractivity contribution < 1.29 is 14.2 Å². The maximum absolute atomic E-state index is 5.91. The number of nitrogens with zero attached hydrogens (tertiary/aromatic N) is 3. The highest BCUT2D eigenvalue weighted by Gasteiger charge is 2.28. The normalized spacial score (nSPS) is 21.7. The minimum absolute atomic E-state index is 0.406. The maximum atomic E-state index is 5.91. The summed E-state index contributed by atoms with van der Waals surface area (Å²) in [5, 5.41) is 0. The molecular formula is C21H27N3O3. The third-order valence-electron chi connectivity index (χ3n) is 5.47. The van der Waals surface area contributed by atoms with Crippen LogP contribution in [0, 0.1) is 0 Å². The van der Waals surface area contributed by atoms with Gasteiger partial charge in [0.25, 0.3) is 0 Å². The number of hydrogen-bond donors (Lipinski definition) is 0. The van der Waals surface area contributed by atoms with Crippen LogP contribution in [-0.2, 0) is 4.74 Å². The quantitative estimate of drug-likeness (QED) is 0.802. The van der Waals surface area contributed by atoms with Crippen LogP contribution in [0.5, 0.6) is 17.4 Å². The molecule has 2 fully saturated rings. The van der Waals surface area contributed by atoms with Gasteiger partial charge in [-0.05, 0) is 44.4 Å². The average molecular weight is 369 g/mol. The van der Waals surface area contributed by atoms with Crippen LogP contribution in [0.25, 0.3) is 0 Å². The van der Waals surface area contributed by atoms with Crippen LogP contribution in [0.2, 0.25) is 0 Å². The van der Waals surface area contributed by atoms with Gasteiger partial charge in [0.15, 0.2) is 0 Å². The summed E-state index contributed by atoms with van der Waals surface area (Å²) in [6.07, 6.45) is 8.18. The number of aromatic nitrogens is 2. The second-order valence-corrected chi connectivity index (χ2v) is 7.24. The lowest BCUT2D eigenvalue weighted by Crippen LogP contribution is -2.44. The molecule has 0 saturated carbocycles. The lowest BCUT2D eigenvalue weighted by Gasteiger charge is -2.39. The van der Waals surface area contributed by atoms with E-state index in [2.05, 4.69) is 9.88 Å². The molecule has 4 rings (SSSR count). The molecule has 0 amide bonds. The van der Waals surface area contributed by atoms with Gasteiger partial charge in [0, 0.05) is 44.0 Å². The number of hydrogen-bond acceptors (Lipinski definition) is 6. The van der Waals surface area contributed by atoms with Crippen molar-refractivity contribution in [1.82, 2.24) is 14.9 Å². The molecule has 6 heteroatoms. The molecule has 1 aromatic carbocycles. The van der Waals surface area contributed by atoms with Crippen molar-refractivity contribution >= 4 is 0 Å². The predicted octanol–water partition coefficient (Wildman–Crippen LogP) is 3.64. The van der Waals surface area contributed by atoms with E-state index in [1.54, 1.807) is 13.3 Å². The molecule has 144 valence electrons. The van der Waals surface area contributed by atoms with Gasteiger partial charge in [-0.2, -0.15) is 0 Å². The summed E-state index contributed by atoms with van der Waals surface area (Å²) in [4.78, 5) is 11.7. The first-order valence-corrected chi connectivity index (χ1v) is 9.77. The van der Waals surface area contributed by atoms with Gasteiger partial charge in [-0.1, -0.05) is 6.07 Å². The monoisotopic (exact) mass is 369 g/mol. The van der Waals surface area contributed by atoms with Crippen LogP contribution >= 0.6 is 0 Å². The topological polar surface area (TPSA) is 56.7 Å². The van der Waals surface area contributed by atoms with E-state index >= 15 is 0 Å². The Bertz CT molecular complexity index is 749. The molecule has 1 unspecified atom stereocenters. The Balaban J connectivity index is 1.44. The summed E-state index contributed by atoms with van der Waals surface area (Å²) in [5.74, 6) is 2.40. The number of likely N-dealkylation sites (tertiary alicyclic amines) is 1. The summed E-state index contributed by atoms with van der Waals surface area (Å²) in [7, 11) is 1.65. The second kappa shape index (κ2) is 8.67. The molecule has 2 saturated heterocycles. The molecule has 0 aliphatic carbocycles. The fraction of sp³-hybridized carbons (Fsp3) is 0.524. The van der Waals surface area contributed by atoms with Crippen molar-refractivity contribution in [3.63, 3.8) is 0 Å². The fourth-order valence-electron chi connectivity index (χ4n) is 4.02. The number of benzene rings is 1. The molecule has 2 aromatic rings. The third-order valence-corrected chi connectivity index (χ3v) is 5.47. The molecule has 27 heavy (non-hydrogen) atoms. The number of ether oxygens (including phenoxy) is 3. The predicted molar refractivity (Wildman–Crippen MR) is 102 cm³/mol. The van der Waals surface area contributed by atoms with Crippen molar-refractivity contribution in [2.24, 2.45) is 0 Å². The van der Waals surface area contributed by atoms with Crippen molar-refractivity contribution in [3.05, 3.63) is 42.4 Å². The molecule has 1 aromatic heterocycles. The average Bonchev–Trinajstić information content (AvgIpc) is 2.75. The fourth-order valence-corrected chi connectivity index (χ4v) is 4.02. The third kappa shape index (κ3) is 4.57. The lowest BCUT2D eigenvalue weighted by molar-refractivity contribution is 0.0237. The van der Waals surface area contributed by atoms with Crippen LogP contribution in [0.15, 0.2) is 36.7 Å². The van der Waals surface area contributed by atoms with Gasteiger partial charge in [0.05, 0.1) is 19.0 Å². The molecule has 2 aliphatic rings. The Morgan fingerprint density at radius 1 is 1.11 bits per heavy atom. The smallest absolute Gasteiger partial charge is 0.238 e. The first kappa shape index (κ1) is 18.2. The highest BCUT2D eigenvalue weighted by atomic mass is 16.5. The van der Waals surface area contributed by atoms with Gasteiger partial charge in [-0.3, -0.25) is 9.88 Å². The number of methoxy groups -OCH3 is 1. The van der Waals surface area contributed by atoms with E-state index < -0.39 is 0 Å². The van der Waals surface area contributed by atoms with Crippen LogP contribution in [0.4, 0.5) is 0 Å². The highest BCUT2D eigenvalue weighted by Crippen LogP contribution is 2.30.